The van der Waals surface area contributed by atoms with E-state index in [-0.39, 0.29) is 0 Å². The summed E-state index contributed by atoms with van der Waals surface area (Å²) < 4.78 is 5.86. The Hall–Kier alpha value is -1.24. The van der Waals surface area contributed by atoms with Gasteiger partial charge in [-0.1, -0.05) is 19.1 Å². The second-order valence-corrected chi connectivity index (χ2v) is 5.83. The van der Waals surface area contributed by atoms with Crippen molar-refractivity contribution in [2.75, 3.05) is 6.61 Å². The quantitative estimate of drug-likeness (QED) is 0.748. The predicted molar refractivity (Wildman–Crippen MR) is 81.4 cm³/mol. The Balaban J connectivity index is 2.02. The largest absolute Gasteiger partial charge is 0.498 e. The normalized spacial score (nSPS) is 18.9. The molecular formula is C18H26O. The molecule has 1 heterocycles. The molecule has 0 radical (unpaired) electrons. The lowest BCUT2D eigenvalue weighted by Crippen LogP contribution is -2.17. The van der Waals surface area contributed by atoms with E-state index in [9.17, 15) is 0 Å². The van der Waals surface area contributed by atoms with Crippen molar-refractivity contribution in [2.24, 2.45) is 5.92 Å². The molecule has 0 spiro atoms. The van der Waals surface area contributed by atoms with Gasteiger partial charge < -0.3 is 4.74 Å². The van der Waals surface area contributed by atoms with Gasteiger partial charge in [-0.15, -0.1) is 0 Å². The van der Waals surface area contributed by atoms with E-state index in [1.54, 1.807) is 0 Å². The fourth-order valence-corrected chi connectivity index (χ4v) is 2.76. The highest BCUT2D eigenvalue weighted by Gasteiger charge is 2.17. The van der Waals surface area contributed by atoms with Gasteiger partial charge >= 0.3 is 0 Å². The van der Waals surface area contributed by atoms with Crippen LogP contribution >= 0.6 is 0 Å². The van der Waals surface area contributed by atoms with Crippen molar-refractivity contribution >= 4 is 0 Å². The average molecular weight is 258 g/mol. The predicted octanol–water partition coefficient (Wildman–Crippen LogP) is 4.87. The van der Waals surface area contributed by atoms with Crippen LogP contribution in [0.25, 0.3) is 0 Å². The van der Waals surface area contributed by atoms with Crippen LogP contribution in [0.15, 0.2) is 24.0 Å². The van der Waals surface area contributed by atoms with E-state index in [0.717, 1.165) is 19.4 Å². The molecule has 0 aliphatic carbocycles. The molecule has 19 heavy (non-hydrogen) atoms. The van der Waals surface area contributed by atoms with E-state index in [4.69, 9.17) is 4.74 Å². The summed E-state index contributed by atoms with van der Waals surface area (Å²) in [7, 11) is 0. The Morgan fingerprint density at radius 1 is 1.16 bits per heavy atom. The van der Waals surface area contributed by atoms with Gasteiger partial charge in [0.05, 0.1) is 12.4 Å². The minimum atomic E-state index is 0.640. The van der Waals surface area contributed by atoms with Crippen LogP contribution in [0.5, 0.6) is 0 Å². The van der Waals surface area contributed by atoms with Crippen LogP contribution in [0.1, 0.15) is 48.4 Å². The van der Waals surface area contributed by atoms with Gasteiger partial charge in [-0.05, 0) is 68.4 Å². The van der Waals surface area contributed by atoms with Crippen LogP contribution in [0.4, 0.5) is 0 Å². The van der Waals surface area contributed by atoms with Gasteiger partial charge in [-0.3, -0.25) is 0 Å². The molecule has 1 heteroatoms. The van der Waals surface area contributed by atoms with Gasteiger partial charge in [0.25, 0.3) is 0 Å². The van der Waals surface area contributed by atoms with Crippen LogP contribution in [0.2, 0.25) is 0 Å². The molecule has 2 rings (SSSR count). The number of hydrogen-bond donors (Lipinski definition) is 0. The Labute approximate surface area is 117 Å². The minimum Gasteiger partial charge on any atom is -0.498 e. The first-order chi connectivity index (χ1) is 9.11. The van der Waals surface area contributed by atoms with Gasteiger partial charge in [-0.2, -0.15) is 0 Å². The summed E-state index contributed by atoms with van der Waals surface area (Å²) in [5, 5.41) is 0. The maximum atomic E-state index is 5.86. The first kappa shape index (κ1) is 14.2. The molecule has 1 aliphatic heterocycles. The van der Waals surface area contributed by atoms with Crippen LogP contribution in [0.3, 0.4) is 0 Å². The van der Waals surface area contributed by atoms with Crippen LogP contribution in [0, 0.1) is 26.7 Å². The zero-order valence-electron chi connectivity index (χ0n) is 12.8. The molecule has 1 unspecified atom stereocenters. The third-order valence-electron chi connectivity index (χ3n) is 4.36. The summed E-state index contributed by atoms with van der Waals surface area (Å²) in [5.41, 5.74) is 5.79. The third-order valence-corrected chi connectivity index (χ3v) is 4.36. The van der Waals surface area contributed by atoms with E-state index in [1.807, 2.05) is 0 Å². The molecule has 1 aromatic rings. The highest BCUT2D eigenvalue weighted by atomic mass is 16.5. The maximum absolute atomic E-state index is 5.86. The number of rotatable bonds is 4. The monoisotopic (exact) mass is 258 g/mol. The van der Waals surface area contributed by atoms with Gasteiger partial charge in [0.15, 0.2) is 0 Å². The molecule has 1 atom stereocenters. The first-order valence-corrected chi connectivity index (χ1v) is 7.49. The van der Waals surface area contributed by atoms with Crippen molar-refractivity contribution in [3.8, 4) is 0 Å². The molecule has 0 saturated heterocycles. The summed E-state index contributed by atoms with van der Waals surface area (Å²) in [6, 6.07) is 4.54. The van der Waals surface area contributed by atoms with Crippen LogP contribution < -0.4 is 0 Å². The average Bonchev–Trinajstić information content (AvgIpc) is 2.42. The van der Waals surface area contributed by atoms with Gasteiger partial charge in [0.1, 0.15) is 0 Å². The van der Waals surface area contributed by atoms with E-state index in [1.165, 1.54) is 40.9 Å². The lowest BCUT2D eigenvalue weighted by atomic mass is 9.90. The first-order valence-electron chi connectivity index (χ1n) is 7.49. The number of aryl methyl sites for hydroxylation is 1. The second-order valence-electron chi connectivity index (χ2n) is 5.83. The van der Waals surface area contributed by atoms with Gasteiger partial charge in [0.2, 0.25) is 0 Å². The molecule has 0 amide bonds. The number of allylic oxidation sites excluding steroid dienone is 2. The lowest BCUT2D eigenvalue weighted by molar-refractivity contribution is 0.138. The van der Waals surface area contributed by atoms with Crippen molar-refractivity contribution in [3.63, 3.8) is 0 Å². The topological polar surface area (TPSA) is 9.23 Å². The zero-order valence-corrected chi connectivity index (χ0v) is 12.8. The van der Waals surface area contributed by atoms with Crippen molar-refractivity contribution in [3.05, 3.63) is 46.2 Å². The highest BCUT2D eigenvalue weighted by Crippen LogP contribution is 2.25. The summed E-state index contributed by atoms with van der Waals surface area (Å²) in [6.45, 7) is 9.76. The Morgan fingerprint density at radius 3 is 2.58 bits per heavy atom. The molecule has 1 nitrogen and oxygen atoms in total. The Morgan fingerprint density at radius 2 is 1.95 bits per heavy atom. The third kappa shape index (κ3) is 3.40. The van der Waals surface area contributed by atoms with E-state index in [2.05, 4.69) is 45.9 Å². The molecule has 1 aliphatic rings. The van der Waals surface area contributed by atoms with E-state index >= 15 is 0 Å². The number of ether oxygens (including phenoxy) is 1. The minimum absolute atomic E-state index is 0.640. The maximum Gasteiger partial charge on any atom is 0.0920 e. The lowest BCUT2D eigenvalue weighted by Gasteiger charge is -2.24. The van der Waals surface area contributed by atoms with Crippen LogP contribution in [-0.4, -0.2) is 6.61 Å². The van der Waals surface area contributed by atoms with E-state index in [0.29, 0.717) is 5.92 Å². The summed E-state index contributed by atoms with van der Waals surface area (Å²) in [6.07, 6.45) is 6.88. The van der Waals surface area contributed by atoms with Crippen molar-refractivity contribution < 1.29 is 4.74 Å². The Bertz CT molecular complexity index is 471. The molecule has 0 bridgehead atoms. The molecule has 104 valence electrons. The standard InChI is InChI=1S/C18H26O/c1-5-6-18-10-8-16(12-19-18)11-17-9-7-13(2)14(3)15(17)4/h7,9-10,16H,5-6,8,11-12H2,1-4H3. The van der Waals surface area contributed by atoms with Gasteiger partial charge in [-0.25, -0.2) is 0 Å². The summed E-state index contributed by atoms with van der Waals surface area (Å²) >= 11 is 0. The molecule has 0 N–H and O–H groups in total. The number of benzene rings is 1. The van der Waals surface area contributed by atoms with E-state index < -0.39 is 0 Å². The second kappa shape index (κ2) is 6.27. The molecule has 0 fully saturated rings. The van der Waals surface area contributed by atoms with Crippen molar-refractivity contribution in [1.82, 2.24) is 0 Å². The summed E-state index contributed by atoms with van der Waals surface area (Å²) in [4.78, 5) is 0. The zero-order chi connectivity index (χ0) is 13.8. The fourth-order valence-electron chi connectivity index (χ4n) is 2.76. The molecule has 1 aromatic carbocycles. The Kier molecular flexibility index (Phi) is 4.68. The molecular weight excluding hydrogens is 232 g/mol. The highest BCUT2D eigenvalue weighted by molar-refractivity contribution is 5.39. The van der Waals surface area contributed by atoms with Gasteiger partial charge in [0, 0.05) is 12.3 Å². The smallest absolute Gasteiger partial charge is 0.0920 e. The van der Waals surface area contributed by atoms with Crippen LogP contribution in [-0.2, 0) is 11.2 Å². The number of hydrogen-bond acceptors (Lipinski definition) is 1. The molecule has 0 aromatic heterocycles. The molecule has 0 saturated carbocycles. The summed E-state index contributed by atoms with van der Waals surface area (Å²) in [5.74, 6) is 1.84. The fraction of sp³-hybridized carbons (Fsp3) is 0.556. The van der Waals surface area contributed by atoms with Crippen molar-refractivity contribution in [1.29, 1.82) is 0 Å². The SMILES string of the molecule is CCCC1=CCC(Cc2ccc(C)c(C)c2C)CO1. The van der Waals surface area contributed by atoms with Crippen molar-refractivity contribution in [2.45, 2.75) is 53.4 Å².